The largest absolute Gasteiger partial charge is 0.313 e. The van der Waals surface area contributed by atoms with Crippen LogP contribution < -0.4 is 11.5 Å². The van der Waals surface area contributed by atoms with Crippen LogP contribution in [0, 0.1) is 17.3 Å². The third kappa shape index (κ3) is 2.91. The number of nitrogens with two attached hydrogens (primary N) is 2. The predicted octanol–water partition coefficient (Wildman–Crippen LogP) is 3.79. The molecule has 2 saturated carbocycles. The van der Waals surface area contributed by atoms with Crippen LogP contribution >= 0.6 is 0 Å². The summed E-state index contributed by atoms with van der Waals surface area (Å²) in [5.74, 6) is 1.87. The minimum absolute atomic E-state index is 0.143. The van der Waals surface area contributed by atoms with E-state index in [-0.39, 0.29) is 5.41 Å². The molecule has 0 radical (unpaired) electrons. The molecule has 0 aliphatic heterocycles. The second-order valence-electron chi connectivity index (χ2n) is 7.30. The molecule has 4 N–H and O–H groups in total. The molecule has 2 rings (SSSR count). The van der Waals surface area contributed by atoms with Gasteiger partial charge in [-0.2, -0.15) is 0 Å². The summed E-state index contributed by atoms with van der Waals surface area (Å²) >= 11 is 0. The monoisotopic (exact) mass is 252 g/mol. The Morgan fingerprint density at radius 1 is 1.00 bits per heavy atom. The quantitative estimate of drug-likeness (QED) is 0.751. The van der Waals surface area contributed by atoms with Crippen LogP contribution in [0.1, 0.15) is 78.1 Å². The molecule has 2 atom stereocenters. The first kappa shape index (κ1) is 14.3. The van der Waals surface area contributed by atoms with Crippen LogP contribution in [-0.2, 0) is 0 Å². The summed E-state index contributed by atoms with van der Waals surface area (Å²) in [6, 6.07) is 0. The highest BCUT2D eigenvalue weighted by Crippen LogP contribution is 2.47. The lowest BCUT2D eigenvalue weighted by Crippen LogP contribution is -2.63. The molecule has 2 nitrogen and oxygen atoms in total. The molecule has 0 heterocycles. The van der Waals surface area contributed by atoms with Crippen LogP contribution in [0.5, 0.6) is 0 Å². The van der Waals surface area contributed by atoms with E-state index in [1.54, 1.807) is 0 Å². The van der Waals surface area contributed by atoms with Crippen molar-refractivity contribution in [1.82, 2.24) is 0 Å². The summed E-state index contributed by atoms with van der Waals surface area (Å²) in [7, 11) is 0. The summed E-state index contributed by atoms with van der Waals surface area (Å²) in [4.78, 5) is 0. The van der Waals surface area contributed by atoms with Gasteiger partial charge in [-0.3, -0.25) is 0 Å². The highest BCUT2D eigenvalue weighted by atomic mass is 15.0. The van der Waals surface area contributed by atoms with Gasteiger partial charge in [-0.05, 0) is 49.4 Å². The molecule has 0 aromatic carbocycles. The van der Waals surface area contributed by atoms with Crippen molar-refractivity contribution < 1.29 is 0 Å². The molecule has 0 aromatic rings. The van der Waals surface area contributed by atoms with Gasteiger partial charge < -0.3 is 11.5 Å². The Labute approximate surface area is 113 Å². The maximum atomic E-state index is 6.34. The van der Waals surface area contributed by atoms with Crippen molar-refractivity contribution in [2.45, 2.75) is 83.7 Å². The molecule has 2 heteroatoms. The van der Waals surface area contributed by atoms with Crippen molar-refractivity contribution in [2.24, 2.45) is 28.7 Å². The fourth-order valence-corrected chi connectivity index (χ4v) is 4.24. The standard InChI is InChI=1S/C16H32N2/c1-3-15(2)12-14(9-10-16(15,17)18)11-13-7-5-4-6-8-13/h13-14H,3-12,17-18H2,1-2H3. The van der Waals surface area contributed by atoms with Gasteiger partial charge in [0.25, 0.3) is 0 Å². The Hall–Kier alpha value is -0.0800. The van der Waals surface area contributed by atoms with Crippen LogP contribution in [0.4, 0.5) is 0 Å². The Kier molecular flexibility index (Phi) is 4.38. The fraction of sp³-hybridized carbons (Fsp3) is 1.00. The van der Waals surface area contributed by atoms with Crippen molar-refractivity contribution in [3.63, 3.8) is 0 Å². The van der Waals surface area contributed by atoms with E-state index in [4.69, 9.17) is 11.5 Å². The summed E-state index contributed by atoms with van der Waals surface area (Å²) < 4.78 is 0. The van der Waals surface area contributed by atoms with Crippen molar-refractivity contribution in [1.29, 1.82) is 0 Å². The van der Waals surface area contributed by atoms with E-state index < -0.39 is 5.66 Å². The first-order chi connectivity index (χ1) is 8.47. The van der Waals surface area contributed by atoms with Crippen LogP contribution in [0.15, 0.2) is 0 Å². The molecule has 2 aliphatic carbocycles. The Bertz CT molecular complexity index is 268. The van der Waals surface area contributed by atoms with Gasteiger partial charge in [0.15, 0.2) is 0 Å². The van der Waals surface area contributed by atoms with Gasteiger partial charge in [0.2, 0.25) is 0 Å². The zero-order chi connectivity index (χ0) is 13.2. The van der Waals surface area contributed by atoms with Crippen molar-refractivity contribution in [2.75, 3.05) is 0 Å². The van der Waals surface area contributed by atoms with E-state index in [0.29, 0.717) is 0 Å². The van der Waals surface area contributed by atoms with Crippen molar-refractivity contribution in [3.8, 4) is 0 Å². The average Bonchev–Trinajstić information content (AvgIpc) is 2.36. The van der Waals surface area contributed by atoms with E-state index in [2.05, 4.69) is 13.8 Å². The second-order valence-corrected chi connectivity index (χ2v) is 7.30. The molecule has 0 amide bonds. The second kappa shape index (κ2) is 5.50. The van der Waals surface area contributed by atoms with E-state index in [1.807, 2.05) is 0 Å². The molecule has 18 heavy (non-hydrogen) atoms. The molecule has 0 saturated heterocycles. The van der Waals surface area contributed by atoms with Gasteiger partial charge in [-0.25, -0.2) is 0 Å². The van der Waals surface area contributed by atoms with Gasteiger partial charge in [0.1, 0.15) is 0 Å². The molecule has 2 aliphatic rings. The molecule has 2 unspecified atom stereocenters. The van der Waals surface area contributed by atoms with E-state index >= 15 is 0 Å². The highest BCUT2D eigenvalue weighted by molar-refractivity contribution is 5.00. The maximum Gasteiger partial charge on any atom is 0.0691 e. The summed E-state index contributed by atoms with van der Waals surface area (Å²) in [5.41, 5.74) is 12.4. The number of hydrogen-bond acceptors (Lipinski definition) is 2. The fourth-order valence-electron chi connectivity index (χ4n) is 4.24. The lowest BCUT2D eigenvalue weighted by molar-refractivity contribution is 0.0358. The van der Waals surface area contributed by atoms with Gasteiger partial charge in [-0.1, -0.05) is 46.0 Å². The molecule has 0 aromatic heterocycles. The normalized spacial score (nSPS) is 37.7. The average molecular weight is 252 g/mol. The van der Waals surface area contributed by atoms with Gasteiger partial charge in [0.05, 0.1) is 5.66 Å². The highest BCUT2D eigenvalue weighted by Gasteiger charge is 2.46. The third-order valence-corrected chi connectivity index (χ3v) is 6.00. The molecule has 0 spiro atoms. The Balaban J connectivity index is 1.92. The molecule has 106 valence electrons. The molecular formula is C16H32N2. The van der Waals surface area contributed by atoms with Gasteiger partial charge in [0, 0.05) is 0 Å². The van der Waals surface area contributed by atoms with Gasteiger partial charge >= 0.3 is 0 Å². The third-order valence-electron chi connectivity index (χ3n) is 6.00. The first-order valence-corrected chi connectivity index (χ1v) is 8.04. The zero-order valence-electron chi connectivity index (χ0n) is 12.4. The van der Waals surface area contributed by atoms with Crippen LogP contribution in [0.25, 0.3) is 0 Å². The molecular weight excluding hydrogens is 220 g/mol. The van der Waals surface area contributed by atoms with E-state index in [9.17, 15) is 0 Å². The topological polar surface area (TPSA) is 52.0 Å². The van der Waals surface area contributed by atoms with E-state index in [0.717, 1.165) is 24.7 Å². The minimum atomic E-state index is -0.440. The zero-order valence-corrected chi connectivity index (χ0v) is 12.4. The lowest BCUT2D eigenvalue weighted by atomic mass is 9.61. The Morgan fingerprint density at radius 2 is 1.67 bits per heavy atom. The summed E-state index contributed by atoms with van der Waals surface area (Å²) in [6.07, 6.45) is 13.4. The summed E-state index contributed by atoms with van der Waals surface area (Å²) in [5, 5.41) is 0. The predicted molar refractivity (Wildman–Crippen MR) is 78.0 cm³/mol. The molecule has 0 bridgehead atoms. The first-order valence-electron chi connectivity index (χ1n) is 8.04. The van der Waals surface area contributed by atoms with Crippen LogP contribution in [-0.4, -0.2) is 5.66 Å². The van der Waals surface area contributed by atoms with E-state index in [1.165, 1.54) is 51.4 Å². The summed E-state index contributed by atoms with van der Waals surface area (Å²) in [6.45, 7) is 4.55. The molecule has 2 fully saturated rings. The smallest absolute Gasteiger partial charge is 0.0691 e. The number of rotatable bonds is 3. The van der Waals surface area contributed by atoms with Crippen molar-refractivity contribution >= 4 is 0 Å². The van der Waals surface area contributed by atoms with Crippen molar-refractivity contribution in [3.05, 3.63) is 0 Å². The van der Waals surface area contributed by atoms with Crippen LogP contribution in [0.2, 0.25) is 0 Å². The lowest BCUT2D eigenvalue weighted by Gasteiger charge is -2.50. The Morgan fingerprint density at radius 3 is 2.28 bits per heavy atom. The van der Waals surface area contributed by atoms with Crippen LogP contribution in [0.3, 0.4) is 0 Å². The SMILES string of the molecule is CCC1(C)CC(CC2CCCCC2)CCC1(N)N. The number of hydrogen-bond donors (Lipinski definition) is 2. The van der Waals surface area contributed by atoms with Gasteiger partial charge in [-0.15, -0.1) is 0 Å². The maximum absolute atomic E-state index is 6.34. The minimum Gasteiger partial charge on any atom is -0.313 e.